The van der Waals surface area contributed by atoms with Crippen LogP contribution >= 0.6 is 0 Å². The number of rotatable bonds is 6. The zero-order valence-corrected chi connectivity index (χ0v) is 23.9. The molecule has 37 heavy (non-hydrogen) atoms. The standard InChI is InChI=1S/C31H48O6/c1-18(27(34)13-14-29(4,5)35)24-10-11-25-23-9-8-21-16-22(36-19(2)32)17-28(37-20(3)33)31(21,7)26(23)12-15-30(24,25)6/h8,13,18,22-26,28,34-35H,9-12,14-17H2,1-7H3/b27-13-/t18-,22+,23-,24+,25-,26-,28-,30+,31-/m0/s1. The van der Waals surface area contributed by atoms with Crippen molar-refractivity contribution in [2.45, 2.75) is 118 Å². The Morgan fingerprint density at radius 1 is 1.14 bits per heavy atom. The van der Waals surface area contributed by atoms with Gasteiger partial charge in [0.25, 0.3) is 0 Å². The number of hydrogen-bond acceptors (Lipinski definition) is 6. The SMILES string of the molecule is CC(=O)O[C@@H]1CC2=CC[C@H]3[C@@H]4CC[C@H]([C@H](C)/C(O)=C/CC(C)(C)O)[C@@]4(C)CC[C@@H]3[C@@]2(C)[C@@H](OC(C)=O)C1. The van der Waals surface area contributed by atoms with Crippen LogP contribution in [0, 0.1) is 40.4 Å². The van der Waals surface area contributed by atoms with Crippen molar-refractivity contribution in [1.29, 1.82) is 0 Å². The van der Waals surface area contributed by atoms with Gasteiger partial charge in [-0.25, -0.2) is 0 Å². The molecule has 0 aromatic heterocycles. The Morgan fingerprint density at radius 2 is 1.81 bits per heavy atom. The fourth-order valence-corrected chi connectivity index (χ4v) is 8.96. The number of esters is 2. The van der Waals surface area contributed by atoms with Gasteiger partial charge in [0.1, 0.15) is 12.2 Å². The maximum Gasteiger partial charge on any atom is 0.302 e. The summed E-state index contributed by atoms with van der Waals surface area (Å²) in [7, 11) is 0. The number of aliphatic hydroxyl groups excluding tert-OH is 1. The third-order valence-corrected chi connectivity index (χ3v) is 10.7. The summed E-state index contributed by atoms with van der Waals surface area (Å²) < 4.78 is 11.6. The molecule has 3 saturated carbocycles. The second-order valence-electron chi connectivity index (χ2n) is 13.6. The minimum Gasteiger partial charge on any atom is -0.512 e. The Balaban J connectivity index is 1.60. The Bertz CT molecular complexity index is 959. The molecule has 4 rings (SSSR count). The molecule has 4 aliphatic rings. The minimum atomic E-state index is -0.831. The van der Waals surface area contributed by atoms with E-state index in [1.165, 1.54) is 19.4 Å². The molecular formula is C31H48O6. The minimum absolute atomic E-state index is 0.0622. The number of allylic oxidation sites excluding steroid dienone is 2. The molecule has 3 fully saturated rings. The van der Waals surface area contributed by atoms with Gasteiger partial charge in [-0.05, 0) is 87.5 Å². The molecule has 0 bridgehead atoms. The van der Waals surface area contributed by atoms with Crippen LogP contribution in [0.4, 0.5) is 0 Å². The van der Waals surface area contributed by atoms with Crippen molar-refractivity contribution in [2.24, 2.45) is 40.4 Å². The molecule has 0 spiro atoms. The lowest BCUT2D eigenvalue weighted by molar-refractivity contribution is -0.172. The predicted octanol–water partition coefficient (Wildman–Crippen LogP) is 6.28. The van der Waals surface area contributed by atoms with E-state index in [2.05, 4.69) is 26.8 Å². The fourth-order valence-electron chi connectivity index (χ4n) is 8.96. The predicted molar refractivity (Wildman–Crippen MR) is 142 cm³/mol. The van der Waals surface area contributed by atoms with E-state index in [0.29, 0.717) is 42.3 Å². The normalized spacial score (nSPS) is 40.5. The summed E-state index contributed by atoms with van der Waals surface area (Å²) in [4.78, 5) is 23.9. The Morgan fingerprint density at radius 3 is 2.43 bits per heavy atom. The van der Waals surface area contributed by atoms with Crippen LogP contribution in [0.2, 0.25) is 0 Å². The first-order valence-corrected chi connectivity index (χ1v) is 14.3. The van der Waals surface area contributed by atoms with E-state index in [1.807, 2.05) is 6.08 Å². The van der Waals surface area contributed by atoms with E-state index < -0.39 is 5.60 Å². The Hall–Kier alpha value is -1.82. The first-order chi connectivity index (χ1) is 17.2. The molecule has 0 amide bonds. The highest BCUT2D eigenvalue weighted by molar-refractivity contribution is 5.67. The molecule has 6 heteroatoms. The number of carbonyl (C=O) groups is 2. The molecule has 6 nitrogen and oxygen atoms in total. The molecule has 0 aromatic carbocycles. The molecule has 9 atom stereocenters. The monoisotopic (exact) mass is 516 g/mol. The van der Waals surface area contributed by atoms with Gasteiger partial charge in [-0.15, -0.1) is 0 Å². The van der Waals surface area contributed by atoms with Gasteiger partial charge in [-0.2, -0.15) is 0 Å². The van der Waals surface area contributed by atoms with Crippen molar-refractivity contribution in [2.75, 3.05) is 0 Å². The summed E-state index contributed by atoms with van der Waals surface area (Å²) in [6.45, 7) is 13.3. The highest BCUT2D eigenvalue weighted by Gasteiger charge is 2.62. The highest BCUT2D eigenvalue weighted by Crippen LogP contribution is 2.67. The van der Waals surface area contributed by atoms with Crippen LogP contribution in [0.25, 0.3) is 0 Å². The van der Waals surface area contributed by atoms with E-state index in [-0.39, 0.29) is 40.9 Å². The number of aliphatic hydroxyl groups is 2. The van der Waals surface area contributed by atoms with Crippen LogP contribution in [-0.2, 0) is 19.1 Å². The molecule has 0 saturated heterocycles. The molecule has 208 valence electrons. The van der Waals surface area contributed by atoms with E-state index >= 15 is 0 Å². The zero-order chi connectivity index (χ0) is 27.3. The lowest BCUT2D eigenvalue weighted by atomic mass is 9.46. The zero-order valence-electron chi connectivity index (χ0n) is 23.9. The van der Waals surface area contributed by atoms with Crippen molar-refractivity contribution in [3.8, 4) is 0 Å². The van der Waals surface area contributed by atoms with Crippen LogP contribution < -0.4 is 0 Å². The Labute approximate surface area is 222 Å². The van der Waals surface area contributed by atoms with Gasteiger partial charge in [0, 0.05) is 38.0 Å². The first-order valence-electron chi connectivity index (χ1n) is 14.3. The van der Waals surface area contributed by atoms with E-state index in [1.54, 1.807) is 13.8 Å². The maximum atomic E-state index is 12.2. The molecule has 2 N–H and O–H groups in total. The summed E-state index contributed by atoms with van der Waals surface area (Å²) in [6.07, 6.45) is 10.8. The molecular weight excluding hydrogens is 468 g/mol. The van der Waals surface area contributed by atoms with E-state index in [0.717, 1.165) is 38.5 Å². The smallest absolute Gasteiger partial charge is 0.302 e. The Kier molecular flexibility index (Phi) is 7.66. The van der Waals surface area contributed by atoms with Crippen LogP contribution in [0.15, 0.2) is 23.5 Å². The van der Waals surface area contributed by atoms with Crippen molar-refractivity contribution >= 4 is 11.9 Å². The lowest BCUT2D eigenvalue weighted by Gasteiger charge is -2.60. The van der Waals surface area contributed by atoms with Crippen LogP contribution in [-0.4, -0.2) is 40.0 Å². The molecule has 0 radical (unpaired) electrons. The van der Waals surface area contributed by atoms with Crippen molar-refractivity contribution in [3.05, 3.63) is 23.5 Å². The third kappa shape index (κ3) is 5.24. The summed E-state index contributed by atoms with van der Waals surface area (Å²) >= 11 is 0. The molecule has 0 unspecified atom stereocenters. The topological polar surface area (TPSA) is 93.1 Å². The van der Waals surface area contributed by atoms with Crippen molar-refractivity contribution in [1.82, 2.24) is 0 Å². The summed E-state index contributed by atoms with van der Waals surface area (Å²) in [5, 5.41) is 21.1. The van der Waals surface area contributed by atoms with Gasteiger partial charge in [0.2, 0.25) is 0 Å². The summed E-state index contributed by atoms with van der Waals surface area (Å²) in [6, 6.07) is 0. The highest BCUT2D eigenvalue weighted by atomic mass is 16.6. The van der Waals surface area contributed by atoms with Gasteiger partial charge >= 0.3 is 11.9 Å². The van der Waals surface area contributed by atoms with Gasteiger partial charge < -0.3 is 19.7 Å². The number of ether oxygens (including phenoxy) is 2. The first kappa shape index (κ1) is 28.2. The van der Waals surface area contributed by atoms with E-state index in [4.69, 9.17) is 9.47 Å². The fraction of sp³-hybridized carbons (Fsp3) is 0.806. The molecule has 0 heterocycles. The quantitative estimate of drug-likeness (QED) is 0.245. The molecule has 0 aromatic rings. The van der Waals surface area contributed by atoms with Gasteiger partial charge in [0.15, 0.2) is 0 Å². The number of carbonyl (C=O) groups excluding carboxylic acids is 2. The van der Waals surface area contributed by atoms with Crippen LogP contribution in [0.1, 0.15) is 99.8 Å². The maximum absolute atomic E-state index is 12.2. The second-order valence-corrected chi connectivity index (χ2v) is 13.6. The van der Waals surface area contributed by atoms with Gasteiger partial charge in [-0.1, -0.05) is 32.4 Å². The third-order valence-electron chi connectivity index (χ3n) is 10.7. The largest absolute Gasteiger partial charge is 0.512 e. The lowest BCUT2D eigenvalue weighted by Crippen LogP contribution is -2.57. The number of hydrogen-bond donors (Lipinski definition) is 2. The van der Waals surface area contributed by atoms with Crippen LogP contribution in [0.3, 0.4) is 0 Å². The average Bonchev–Trinajstić information content (AvgIpc) is 3.13. The van der Waals surface area contributed by atoms with E-state index in [9.17, 15) is 19.8 Å². The molecule has 0 aliphatic heterocycles. The summed E-state index contributed by atoms with van der Waals surface area (Å²) in [5.41, 5.74) is 0.356. The molecule has 4 aliphatic carbocycles. The van der Waals surface area contributed by atoms with Gasteiger partial charge in [-0.3, -0.25) is 9.59 Å². The average molecular weight is 517 g/mol. The second kappa shape index (κ2) is 10.1. The van der Waals surface area contributed by atoms with Crippen LogP contribution in [0.5, 0.6) is 0 Å². The van der Waals surface area contributed by atoms with Crippen molar-refractivity contribution < 1.29 is 29.3 Å². The van der Waals surface area contributed by atoms with Crippen molar-refractivity contribution in [3.63, 3.8) is 0 Å². The van der Waals surface area contributed by atoms with Gasteiger partial charge in [0.05, 0.1) is 11.4 Å². The number of fused-ring (bicyclic) bond motifs is 5. The summed E-state index contributed by atoms with van der Waals surface area (Å²) in [5.74, 6) is 1.79.